The molecule has 180 valence electrons. The Kier molecular flexibility index (Phi) is 8.52. The van der Waals surface area contributed by atoms with Gasteiger partial charge in [0.2, 0.25) is 0 Å². The summed E-state index contributed by atoms with van der Waals surface area (Å²) in [6.45, 7) is 9.98. The second kappa shape index (κ2) is 10.9. The summed E-state index contributed by atoms with van der Waals surface area (Å²) in [5.41, 5.74) is 2.86. The van der Waals surface area contributed by atoms with Gasteiger partial charge < -0.3 is 28.4 Å². The van der Waals surface area contributed by atoms with Gasteiger partial charge in [0.05, 0.1) is 17.7 Å². The molecule has 7 nitrogen and oxygen atoms in total. The minimum atomic E-state index is -2.13. The van der Waals surface area contributed by atoms with Gasteiger partial charge in [0.1, 0.15) is 5.58 Å². The van der Waals surface area contributed by atoms with E-state index in [0.29, 0.717) is 22.5 Å². The molecule has 1 atom stereocenters. The van der Waals surface area contributed by atoms with Crippen LogP contribution in [0.2, 0.25) is 0 Å². The summed E-state index contributed by atoms with van der Waals surface area (Å²) in [6.07, 6.45) is 3.79. The van der Waals surface area contributed by atoms with Crippen LogP contribution in [0.25, 0.3) is 11.0 Å². The normalized spacial score (nSPS) is 16.1. The van der Waals surface area contributed by atoms with Crippen molar-refractivity contribution >= 4 is 39.4 Å². The summed E-state index contributed by atoms with van der Waals surface area (Å²) < 4.78 is 26.1. The second-order valence-electron chi connectivity index (χ2n) is 9.75. The first-order valence-electron chi connectivity index (χ1n) is 11.3. The fraction of sp³-hybridized carbons (Fsp3) is 0.385. The molecule has 9 heteroatoms. The Morgan fingerprint density at radius 1 is 1.20 bits per heavy atom. The van der Waals surface area contributed by atoms with Crippen LogP contribution in [0.5, 0.6) is 0 Å². The smallest absolute Gasteiger partial charge is 0.452 e. The predicted octanol–water partition coefficient (Wildman–Crippen LogP) is 2.45. The summed E-state index contributed by atoms with van der Waals surface area (Å²) in [5.74, 6) is 0.566. The number of carbonyl (C=O) groups excluding carboxylic acids is 1. The Morgan fingerprint density at radius 3 is 2.51 bits per heavy atom. The van der Waals surface area contributed by atoms with Crippen LogP contribution >= 0.6 is 0 Å². The number of nitrogens with one attached hydrogen (secondary N) is 2. The molecule has 4 rings (SSSR count). The molecule has 1 aliphatic rings. The predicted molar refractivity (Wildman–Crippen MR) is 135 cm³/mol. The van der Waals surface area contributed by atoms with Crippen LogP contribution in [0, 0.1) is 17.1 Å². The molecule has 1 aliphatic heterocycles. The maximum absolute atomic E-state index is 13.1. The van der Waals surface area contributed by atoms with E-state index in [1.165, 1.54) is 6.07 Å². The average molecular weight is 503 g/mol. The first-order valence-corrected chi connectivity index (χ1v) is 12.5. The summed E-state index contributed by atoms with van der Waals surface area (Å²) in [4.78, 5) is 26.6. The molecule has 1 fully saturated rings. The molecule has 3 aromatic rings. The molecule has 0 amide bonds. The largest absolute Gasteiger partial charge is 1.00 e. The maximum atomic E-state index is 13.1. The number of fused-ring (bicyclic) bond motifs is 1. The van der Waals surface area contributed by atoms with Crippen LogP contribution < -0.4 is 45.2 Å². The number of piperidine rings is 1. The number of hydrogen-bond donors (Lipinski definition) is 2. The van der Waals surface area contributed by atoms with Gasteiger partial charge in [-0.2, -0.15) is 16.5 Å². The van der Waals surface area contributed by atoms with Gasteiger partial charge in [-0.1, -0.05) is 26.0 Å². The third kappa shape index (κ3) is 5.82. The summed E-state index contributed by atoms with van der Waals surface area (Å²) >= 11 is 0. The van der Waals surface area contributed by atoms with Gasteiger partial charge >= 0.3 is 29.6 Å². The van der Waals surface area contributed by atoms with Crippen LogP contribution in [0.3, 0.4) is 0 Å². The van der Waals surface area contributed by atoms with Gasteiger partial charge in [-0.25, -0.2) is 10.6 Å². The average Bonchev–Trinajstić information content (AvgIpc) is 2.78. The zero-order valence-electron chi connectivity index (χ0n) is 20.9. The van der Waals surface area contributed by atoms with Crippen molar-refractivity contribution in [3.8, 4) is 0 Å². The third-order valence-electron chi connectivity index (χ3n) is 6.57. The topological polar surface area (TPSA) is 103 Å². The Labute approximate surface area is 229 Å². The fourth-order valence-corrected chi connectivity index (χ4v) is 5.11. The van der Waals surface area contributed by atoms with E-state index < -0.39 is 10.6 Å². The SMILES string of the molecule is Cc1cc(C(C)Nc2cccc([C-]=O)c2[S-](=N)=O)c2oc(N3CCC(C)(C)CC3)cc(=O)c2c1.[Na+]. The van der Waals surface area contributed by atoms with E-state index in [9.17, 15) is 13.8 Å². The molecule has 1 aromatic heterocycles. The maximum Gasteiger partial charge on any atom is 1.00 e. The minimum absolute atomic E-state index is 0. The Bertz CT molecular complexity index is 1380. The number of nitrogens with zero attached hydrogens (tertiary/aromatic N) is 1. The molecule has 0 spiro atoms. The minimum Gasteiger partial charge on any atom is -0.452 e. The van der Waals surface area contributed by atoms with E-state index in [-0.39, 0.29) is 56.9 Å². The van der Waals surface area contributed by atoms with Gasteiger partial charge in [-0.05, 0) is 49.4 Å². The van der Waals surface area contributed by atoms with E-state index >= 15 is 0 Å². The fourth-order valence-electron chi connectivity index (χ4n) is 4.47. The van der Waals surface area contributed by atoms with Crippen molar-refractivity contribution in [2.45, 2.75) is 51.5 Å². The van der Waals surface area contributed by atoms with Crippen molar-refractivity contribution in [2.24, 2.45) is 5.41 Å². The third-order valence-corrected chi connectivity index (χ3v) is 7.38. The summed E-state index contributed by atoms with van der Waals surface area (Å²) in [7, 11) is -2.13. The molecular weight excluding hydrogens is 473 g/mol. The molecular formula is C26H29N3NaO4S-. The van der Waals surface area contributed by atoms with Crippen molar-refractivity contribution < 1.29 is 43.0 Å². The molecule has 2 N–H and O–H groups in total. The van der Waals surface area contributed by atoms with Gasteiger partial charge in [0, 0.05) is 24.7 Å². The Hall–Kier alpha value is -2.13. The molecule has 0 bridgehead atoms. The monoisotopic (exact) mass is 502 g/mol. The van der Waals surface area contributed by atoms with Crippen molar-refractivity contribution in [2.75, 3.05) is 23.3 Å². The molecule has 1 saturated heterocycles. The Balaban J connectivity index is 0.00000342. The standard InChI is InChI=1S/C26H29N3O4S.Na/c1-16-12-19(17(2)28-21-7-5-6-18(15-30)25(21)34(27)32)24-20(13-16)22(31)14-23(33-24)29-10-8-26(3,4)9-11-29;/h5-7,12-14,17,27-28H,8-11H2,1-4H3;/q-2;+1. The zero-order valence-corrected chi connectivity index (χ0v) is 23.7. The molecule has 35 heavy (non-hydrogen) atoms. The first-order chi connectivity index (χ1) is 16.1. The number of aryl methyl sites for hydroxylation is 1. The Morgan fingerprint density at radius 2 is 1.89 bits per heavy atom. The van der Waals surface area contributed by atoms with Crippen molar-refractivity contribution in [1.29, 1.82) is 4.78 Å². The van der Waals surface area contributed by atoms with E-state index in [2.05, 4.69) is 24.1 Å². The van der Waals surface area contributed by atoms with Gasteiger partial charge in [0.15, 0.2) is 11.3 Å². The second-order valence-corrected chi connectivity index (χ2v) is 10.7. The first kappa shape index (κ1) is 27.5. The summed E-state index contributed by atoms with van der Waals surface area (Å²) in [5, 5.41) is 3.77. The van der Waals surface area contributed by atoms with E-state index in [1.54, 1.807) is 24.5 Å². The van der Waals surface area contributed by atoms with Gasteiger partial charge in [0.25, 0.3) is 0 Å². The van der Waals surface area contributed by atoms with E-state index in [4.69, 9.17) is 9.20 Å². The molecule has 2 aromatic carbocycles. The molecule has 0 saturated carbocycles. The van der Waals surface area contributed by atoms with Crippen LogP contribution in [0.15, 0.2) is 50.5 Å². The number of rotatable bonds is 6. The van der Waals surface area contributed by atoms with Crippen molar-refractivity contribution in [3.63, 3.8) is 0 Å². The van der Waals surface area contributed by atoms with Crippen LogP contribution in [0.1, 0.15) is 56.3 Å². The number of anilines is 2. The van der Waals surface area contributed by atoms with Gasteiger partial charge in [-0.3, -0.25) is 4.79 Å². The number of hydrogen-bond acceptors (Lipinski definition) is 8. The quantitative estimate of drug-likeness (QED) is 0.305. The van der Waals surface area contributed by atoms with Crippen LogP contribution in [-0.4, -0.2) is 19.4 Å². The zero-order chi connectivity index (χ0) is 24.6. The van der Waals surface area contributed by atoms with Crippen LogP contribution in [0.4, 0.5) is 11.6 Å². The summed E-state index contributed by atoms with van der Waals surface area (Å²) in [6, 6.07) is 9.81. The molecule has 0 aliphatic carbocycles. The van der Waals surface area contributed by atoms with E-state index in [0.717, 1.165) is 37.1 Å². The molecule has 1 unspecified atom stereocenters. The van der Waals surface area contributed by atoms with Crippen molar-refractivity contribution in [3.05, 3.63) is 63.3 Å². The molecule has 2 heterocycles. The van der Waals surface area contributed by atoms with Crippen LogP contribution in [-0.2, 0) is 19.6 Å². The molecule has 0 radical (unpaired) electrons. The van der Waals surface area contributed by atoms with Crippen molar-refractivity contribution in [1.82, 2.24) is 0 Å². The van der Waals surface area contributed by atoms with Gasteiger partial charge in [-0.15, -0.1) is 6.07 Å². The van der Waals surface area contributed by atoms with E-state index in [1.807, 2.05) is 26.0 Å². The number of benzene rings is 2.